The maximum Gasteiger partial charge on any atom is 0.244 e. The Labute approximate surface area is 219 Å². The fourth-order valence-electron chi connectivity index (χ4n) is 3.84. The summed E-state index contributed by atoms with van der Waals surface area (Å²) in [7, 11) is 0.525. The molecule has 2 aromatic rings. The molecule has 204 valence electrons. The summed E-state index contributed by atoms with van der Waals surface area (Å²) in [5, 5.41) is 2.85. The number of rotatable bonds is 14. The van der Waals surface area contributed by atoms with Gasteiger partial charge in [0, 0.05) is 19.2 Å². The topological polar surface area (TPSA) is 114 Å². The fourth-order valence-corrected chi connectivity index (χ4v) is 4.69. The molecule has 2 rings (SSSR count). The van der Waals surface area contributed by atoms with E-state index in [1.807, 2.05) is 19.9 Å². The van der Waals surface area contributed by atoms with E-state index >= 15 is 0 Å². The van der Waals surface area contributed by atoms with Crippen LogP contribution in [0, 0.1) is 0 Å². The summed E-state index contributed by atoms with van der Waals surface area (Å²) >= 11 is 0. The van der Waals surface area contributed by atoms with Crippen LogP contribution < -0.4 is 23.8 Å². The first-order chi connectivity index (χ1) is 17.6. The zero-order valence-corrected chi connectivity index (χ0v) is 23.1. The highest BCUT2D eigenvalue weighted by Gasteiger charge is 2.32. The number of methoxy groups -OCH3 is 3. The van der Waals surface area contributed by atoms with E-state index in [0.717, 1.165) is 22.5 Å². The average Bonchev–Trinajstić information content (AvgIpc) is 2.89. The van der Waals surface area contributed by atoms with E-state index in [9.17, 15) is 18.0 Å². The van der Waals surface area contributed by atoms with Crippen LogP contribution in [0.3, 0.4) is 0 Å². The smallest absolute Gasteiger partial charge is 0.244 e. The molecule has 0 saturated carbocycles. The lowest BCUT2D eigenvalue weighted by Crippen LogP contribution is -2.52. The molecule has 0 spiro atoms. The fraction of sp³-hybridized carbons (Fsp3) is 0.462. The van der Waals surface area contributed by atoms with E-state index in [1.165, 1.54) is 25.2 Å². The zero-order chi connectivity index (χ0) is 27.6. The number of carbonyl (C=O) groups excluding carboxylic acids is 2. The van der Waals surface area contributed by atoms with Crippen molar-refractivity contribution in [3.8, 4) is 17.2 Å². The standard InChI is InChI=1S/C26H37N3O7S/c1-7-14-27-26(31)22(8-2)28(17-19-10-9-11-20(15-19)34-3)25(30)18-29(37(6,32)33)23-13-12-21(35-4)16-24(23)36-5/h9-13,15-16,22H,7-8,14,17-18H2,1-6H3,(H,27,31)/t22-/m0/s1. The average molecular weight is 536 g/mol. The molecule has 0 aliphatic heterocycles. The predicted octanol–water partition coefficient (Wildman–Crippen LogP) is 2.81. The molecule has 0 heterocycles. The molecule has 0 fully saturated rings. The van der Waals surface area contributed by atoms with E-state index in [0.29, 0.717) is 24.5 Å². The normalized spacial score (nSPS) is 11.8. The highest BCUT2D eigenvalue weighted by molar-refractivity contribution is 7.92. The van der Waals surface area contributed by atoms with Gasteiger partial charge in [0.05, 0.1) is 33.3 Å². The van der Waals surface area contributed by atoms with Crippen LogP contribution in [-0.2, 0) is 26.2 Å². The number of hydrogen-bond acceptors (Lipinski definition) is 7. The number of amides is 2. The van der Waals surface area contributed by atoms with Crippen LogP contribution in [0.5, 0.6) is 17.2 Å². The molecule has 0 aromatic heterocycles. The Hall–Kier alpha value is -3.47. The van der Waals surface area contributed by atoms with E-state index in [2.05, 4.69) is 5.32 Å². The van der Waals surface area contributed by atoms with Crippen molar-refractivity contribution < 1.29 is 32.2 Å². The summed E-state index contributed by atoms with van der Waals surface area (Å²) in [5.41, 5.74) is 0.923. The summed E-state index contributed by atoms with van der Waals surface area (Å²) in [6.07, 6.45) is 2.10. The van der Waals surface area contributed by atoms with Crippen molar-refractivity contribution in [2.75, 3.05) is 45.0 Å². The highest BCUT2D eigenvalue weighted by Crippen LogP contribution is 2.33. The van der Waals surface area contributed by atoms with Crippen LogP contribution >= 0.6 is 0 Å². The number of sulfonamides is 1. The highest BCUT2D eigenvalue weighted by atomic mass is 32.2. The minimum atomic E-state index is -3.90. The van der Waals surface area contributed by atoms with Crippen molar-refractivity contribution in [2.24, 2.45) is 0 Å². The molecular formula is C26H37N3O7S. The van der Waals surface area contributed by atoms with Gasteiger partial charge in [0.25, 0.3) is 0 Å². The van der Waals surface area contributed by atoms with Gasteiger partial charge in [-0.05, 0) is 42.7 Å². The maximum absolute atomic E-state index is 13.8. The molecule has 11 heteroatoms. The molecular weight excluding hydrogens is 498 g/mol. The van der Waals surface area contributed by atoms with Gasteiger partial charge in [0.2, 0.25) is 21.8 Å². The molecule has 1 atom stereocenters. The summed E-state index contributed by atoms with van der Waals surface area (Å²) in [6.45, 7) is 3.78. The molecule has 10 nitrogen and oxygen atoms in total. The maximum atomic E-state index is 13.8. The van der Waals surface area contributed by atoms with Gasteiger partial charge in [-0.25, -0.2) is 8.42 Å². The molecule has 2 amide bonds. The van der Waals surface area contributed by atoms with Gasteiger partial charge in [0.1, 0.15) is 29.8 Å². The van der Waals surface area contributed by atoms with Crippen molar-refractivity contribution in [1.29, 1.82) is 0 Å². The Bertz CT molecular complexity index is 1170. The van der Waals surface area contributed by atoms with Crippen LogP contribution in [-0.4, -0.2) is 71.8 Å². The summed E-state index contributed by atoms with van der Waals surface area (Å²) in [6, 6.07) is 11.0. The number of carbonyl (C=O) groups is 2. The first kappa shape index (κ1) is 29.8. The Balaban J connectivity index is 2.51. The monoisotopic (exact) mass is 535 g/mol. The zero-order valence-electron chi connectivity index (χ0n) is 22.3. The minimum absolute atomic E-state index is 0.0887. The number of nitrogens with one attached hydrogen (secondary N) is 1. The van der Waals surface area contributed by atoms with E-state index in [1.54, 1.807) is 37.4 Å². The van der Waals surface area contributed by atoms with Crippen LogP contribution in [0.4, 0.5) is 5.69 Å². The summed E-state index contributed by atoms with van der Waals surface area (Å²) in [5.74, 6) is 0.468. The number of ether oxygens (including phenoxy) is 3. The Morgan fingerprint density at radius 3 is 2.22 bits per heavy atom. The van der Waals surface area contributed by atoms with Gasteiger partial charge < -0.3 is 24.4 Å². The van der Waals surface area contributed by atoms with Crippen molar-refractivity contribution in [3.05, 3.63) is 48.0 Å². The first-order valence-electron chi connectivity index (χ1n) is 12.0. The molecule has 37 heavy (non-hydrogen) atoms. The summed E-state index contributed by atoms with van der Waals surface area (Å²) < 4.78 is 42.6. The Kier molecular flexibility index (Phi) is 11.0. The number of anilines is 1. The van der Waals surface area contributed by atoms with Crippen LogP contribution in [0.1, 0.15) is 32.3 Å². The number of hydrogen-bond donors (Lipinski definition) is 1. The number of nitrogens with zero attached hydrogens (tertiary/aromatic N) is 2. The largest absolute Gasteiger partial charge is 0.497 e. The lowest BCUT2D eigenvalue weighted by Gasteiger charge is -2.33. The molecule has 2 aromatic carbocycles. The third-order valence-electron chi connectivity index (χ3n) is 5.76. The molecule has 0 aliphatic carbocycles. The molecule has 0 saturated heterocycles. The van der Waals surface area contributed by atoms with E-state index in [-0.39, 0.29) is 23.9 Å². The van der Waals surface area contributed by atoms with Gasteiger partial charge in [-0.15, -0.1) is 0 Å². The molecule has 0 unspecified atom stereocenters. The van der Waals surface area contributed by atoms with Gasteiger partial charge in [-0.2, -0.15) is 0 Å². The van der Waals surface area contributed by atoms with Gasteiger partial charge >= 0.3 is 0 Å². The van der Waals surface area contributed by atoms with Gasteiger partial charge in [0.15, 0.2) is 0 Å². The third-order valence-corrected chi connectivity index (χ3v) is 6.88. The van der Waals surface area contributed by atoms with Crippen LogP contribution in [0.15, 0.2) is 42.5 Å². The molecule has 0 bridgehead atoms. The third kappa shape index (κ3) is 8.01. The van der Waals surface area contributed by atoms with Crippen molar-refractivity contribution >= 4 is 27.5 Å². The van der Waals surface area contributed by atoms with Crippen molar-refractivity contribution in [2.45, 2.75) is 39.3 Å². The van der Waals surface area contributed by atoms with Crippen molar-refractivity contribution in [1.82, 2.24) is 10.2 Å². The quantitative estimate of drug-likeness (QED) is 0.396. The Morgan fingerprint density at radius 1 is 0.973 bits per heavy atom. The van der Waals surface area contributed by atoms with Gasteiger partial charge in [-0.1, -0.05) is 26.0 Å². The Morgan fingerprint density at radius 2 is 1.65 bits per heavy atom. The predicted molar refractivity (Wildman–Crippen MR) is 143 cm³/mol. The second kappa shape index (κ2) is 13.7. The second-order valence-electron chi connectivity index (χ2n) is 8.40. The summed E-state index contributed by atoms with van der Waals surface area (Å²) in [4.78, 5) is 28.2. The first-order valence-corrected chi connectivity index (χ1v) is 13.8. The lowest BCUT2D eigenvalue weighted by molar-refractivity contribution is -0.140. The molecule has 1 N–H and O–H groups in total. The molecule has 0 radical (unpaired) electrons. The minimum Gasteiger partial charge on any atom is -0.497 e. The van der Waals surface area contributed by atoms with Crippen LogP contribution in [0.25, 0.3) is 0 Å². The van der Waals surface area contributed by atoms with Gasteiger partial charge in [-0.3, -0.25) is 13.9 Å². The second-order valence-corrected chi connectivity index (χ2v) is 10.3. The lowest BCUT2D eigenvalue weighted by atomic mass is 10.1. The SMILES string of the molecule is CCCNC(=O)[C@H](CC)N(Cc1cccc(OC)c1)C(=O)CN(c1ccc(OC)cc1OC)S(C)(=O)=O. The van der Waals surface area contributed by atoms with E-state index < -0.39 is 28.5 Å². The number of benzene rings is 2. The van der Waals surface area contributed by atoms with E-state index in [4.69, 9.17) is 14.2 Å². The van der Waals surface area contributed by atoms with Crippen molar-refractivity contribution in [3.63, 3.8) is 0 Å². The van der Waals surface area contributed by atoms with Crippen LogP contribution in [0.2, 0.25) is 0 Å². The molecule has 0 aliphatic rings.